The zero-order valence-electron chi connectivity index (χ0n) is 15.1. The van der Waals surface area contributed by atoms with Gasteiger partial charge in [-0.3, -0.25) is 9.69 Å². The van der Waals surface area contributed by atoms with Crippen molar-refractivity contribution in [2.75, 3.05) is 19.6 Å². The van der Waals surface area contributed by atoms with Crippen LogP contribution in [0.1, 0.15) is 31.2 Å². The van der Waals surface area contributed by atoms with Gasteiger partial charge in [0.05, 0.1) is 12.2 Å². The van der Waals surface area contributed by atoms with E-state index in [0.29, 0.717) is 11.9 Å². The SMILES string of the molecule is O=C1[C@H]2CC[C@H](CN(Cc3ccc(-n4ccnc4)cc3)C2)N1CC1CC1. The molecule has 1 aromatic heterocycles. The number of imidazole rings is 1. The van der Waals surface area contributed by atoms with E-state index in [0.717, 1.165) is 44.2 Å². The molecule has 4 heterocycles. The van der Waals surface area contributed by atoms with Crippen LogP contribution < -0.4 is 0 Å². The molecule has 3 aliphatic heterocycles. The lowest BCUT2D eigenvalue weighted by molar-refractivity contribution is -0.140. The van der Waals surface area contributed by atoms with Gasteiger partial charge < -0.3 is 9.47 Å². The summed E-state index contributed by atoms with van der Waals surface area (Å²) in [5, 5.41) is 0. The largest absolute Gasteiger partial charge is 0.338 e. The van der Waals surface area contributed by atoms with Gasteiger partial charge in [-0.2, -0.15) is 0 Å². The smallest absolute Gasteiger partial charge is 0.227 e. The van der Waals surface area contributed by atoms with Crippen LogP contribution in [-0.2, 0) is 11.3 Å². The summed E-state index contributed by atoms with van der Waals surface area (Å²) in [6.45, 7) is 3.88. The first-order valence-corrected chi connectivity index (χ1v) is 9.86. The number of aromatic nitrogens is 2. The molecular formula is C21H26N4O. The van der Waals surface area contributed by atoms with Gasteiger partial charge in [0.25, 0.3) is 0 Å². The van der Waals surface area contributed by atoms with Crippen molar-refractivity contribution in [3.8, 4) is 5.69 Å². The van der Waals surface area contributed by atoms with Crippen LogP contribution in [0.4, 0.5) is 0 Å². The highest BCUT2D eigenvalue weighted by molar-refractivity contribution is 5.80. The molecule has 0 N–H and O–H groups in total. The minimum absolute atomic E-state index is 0.206. The minimum atomic E-state index is 0.206. The number of nitrogens with zero attached hydrogens (tertiary/aromatic N) is 4. The second-order valence-corrected chi connectivity index (χ2v) is 8.19. The van der Waals surface area contributed by atoms with Crippen molar-refractivity contribution >= 4 is 5.91 Å². The predicted octanol–water partition coefficient (Wildman–Crippen LogP) is 2.71. The van der Waals surface area contributed by atoms with E-state index in [1.54, 1.807) is 6.20 Å². The van der Waals surface area contributed by atoms with Gasteiger partial charge in [0.15, 0.2) is 0 Å². The van der Waals surface area contributed by atoms with Crippen LogP contribution in [0.25, 0.3) is 5.69 Å². The Balaban J connectivity index is 1.28. The summed E-state index contributed by atoms with van der Waals surface area (Å²) in [5.74, 6) is 1.41. The van der Waals surface area contributed by atoms with Gasteiger partial charge in [-0.05, 0) is 49.3 Å². The highest BCUT2D eigenvalue weighted by Gasteiger charge is 2.42. The maximum Gasteiger partial charge on any atom is 0.227 e. The van der Waals surface area contributed by atoms with Gasteiger partial charge in [-0.25, -0.2) is 4.98 Å². The zero-order valence-corrected chi connectivity index (χ0v) is 15.1. The second-order valence-electron chi connectivity index (χ2n) is 8.19. The Hall–Kier alpha value is -2.14. The average Bonchev–Trinajstić information content (AvgIpc) is 3.38. The van der Waals surface area contributed by atoms with Gasteiger partial charge in [0.1, 0.15) is 0 Å². The first-order chi connectivity index (χ1) is 12.8. The minimum Gasteiger partial charge on any atom is -0.338 e. The Labute approximate surface area is 154 Å². The van der Waals surface area contributed by atoms with Gasteiger partial charge >= 0.3 is 0 Å². The number of piperidine rings is 1. The van der Waals surface area contributed by atoms with Crippen molar-refractivity contribution in [3.05, 3.63) is 48.5 Å². The normalized spacial score (nSPS) is 26.3. The monoisotopic (exact) mass is 350 g/mol. The van der Waals surface area contributed by atoms with Crippen LogP contribution in [0.15, 0.2) is 43.0 Å². The van der Waals surface area contributed by atoms with E-state index >= 15 is 0 Å². The highest BCUT2D eigenvalue weighted by Crippen LogP contribution is 2.35. The third-order valence-corrected chi connectivity index (χ3v) is 6.17. The molecule has 1 aromatic carbocycles. The molecule has 5 heteroatoms. The molecule has 0 unspecified atom stereocenters. The molecule has 26 heavy (non-hydrogen) atoms. The predicted molar refractivity (Wildman–Crippen MR) is 99.8 cm³/mol. The fourth-order valence-corrected chi connectivity index (χ4v) is 4.52. The molecule has 4 fully saturated rings. The number of rotatable bonds is 5. The summed E-state index contributed by atoms with van der Waals surface area (Å²) in [4.78, 5) is 21.7. The molecule has 0 spiro atoms. The van der Waals surface area contributed by atoms with Crippen molar-refractivity contribution in [3.63, 3.8) is 0 Å². The summed E-state index contributed by atoms with van der Waals surface area (Å²) in [7, 11) is 0. The third kappa shape index (κ3) is 3.16. The number of hydrogen-bond donors (Lipinski definition) is 0. The quantitative estimate of drug-likeness (QED) is 0.833. The van der Waals surface area contributed by atoms with Gasteiger partial charge in [0, 0.05) is 50.3 Å². The molecule has 1 saturated carbocycles. The molecule has 2 aromatic rings. The Morgan fingerprint density at radius 3 is 2.62 bits per heavy atom. The van der Waals surface area contributed by atoms with Crippen molar-refractivity contribution in [2.45, 2.75) is 38.3 Å². The second kappa shape index (κ2) is 6.54. The summed E-state index contributed by atoms with van der Waals surface area (Å²) >= 11 is 0. The molecule has 3 saturated heterocycles. The van der Waals surface area contributed by atoms with Gasteiger partial charge in [0.2, 0.25) is 5.91 Å². The zero-order chi connectivity index (χ0) is 17.5. The van der Waals surface area contributed by atoms with Crippen molar-refractivity contribution in [1.82, 2.24) is 19.4 Å². The lowest BCUT2D eigenvalue weighted by Gasteiger charge is -2.36. The number of benzene rings is 1. The van der Waals surface area contributed by atoms with E-state index in [4.69, 9.17) is 0 Å². The average molecular weight is 350 g/mol. The first-order valence-electron chi connectivity index (χ1n) is 9.86. The van der Waals surface area contributed by atoms with Crippen LogP contribution in [-0.4, -0.2) is 50.9 Å². The van der Waals surface area contributed by atoms with E-state index in [1.165, 1.54) is 24.8 Å². The molecule has 2 bridgehead atoms. The highest BCUT2D eigenvalue weighted by atomic mass is 16.2. The van der Waals surface area contributed by atoms with E-state index in [1.807, 2.05) is 17.1 Å². The maximum atomic E-state index is 12.8. The van der Waals surface area contributed by atoms with Crippen LogP contribution in [0, 0.1) is 11.8 Å². The molecule has 1 amide bonds. The number of fused-ring (bicyclic) bond motifs is 4. The van der Waals surface area contributed by atoms with E-state index < -0.39 is 0 Å². The fourth-order valence-electron chi connectivity index (χ4n) is 4.52. The van der Waals surface area contributed by atoms with E-state index in [-0.39, 0.29) is 5.92 Å². The lowest BCUT2D eigenvalue weighted by atomic mass is 9.94. The molecule has 136 valence electrons. The van der Waals surface area contributed by atoms with Crippen molar-refractivity contribution in [2.24, 2.45) is 11.8 Å². The van der Waals surface area contributed by atoms with Crippen LogP contribution in [0.5, 0.6) is 0 Å². The number of carbonyl (C=O) groups excluding carboxylic acids is 1. The van der Waals surface area contributed by atoms with E-state index in [9.17, 15) is 4.79 Å². The Morgan fingerprint density at radius 2 is 1.88 bits per heavy atom. The summed E-state index contributed by atoms with van der Waals surface area (Å²) < 4.78 is 2.02. The summed E-state index contributed by atoms with van der Waals surface area (Å²) in [6, 6.07) is 9.12. The Kier molecular flexibility index (Phi) is 4.04. The van der Waals surface area contributed by atoms with Gasteiger partial charge in [-0.15, -0.1) is 0 Å². The number of amides is 1. The van der Waals surface area contributed by atoms with Gasteiger partial charge in [-0.1, -0.05) is 12.1 Å². The van der Waals surface area contributed by atoms with Crippen LogP contribution in [0.2, 0.25) is 0 Å². The lowest BCUT2D eigenvalue weighted by Crippen LogP contribution is -2.48. The maximum absolute atomic E-state index is 12.8. The van der Waals surface area contributed by atoms with Crippen LogP contribution >= 0.6 is 0 Å². The molecule has 0 radical (unpaired) electrons. The van der Waals surface area contributed by atoms with Crippen molar-refractivity contribution in [1.29, 1.82) is 0 Å². The molecule has 1 aliphatic carbocycles. The van der Waals surface area contributed by atoms with E-state index in [2.05, 4.69) is 39.0 Å². The topological polar surface area (TPSA) is 41.4 Å². The number of carbonyl (C=O) groups is 1. The molecule has 5 nitrogen and oxygen atoms in total. The summed E-state index contributed by atoms with van der Waals surface area (Å²) in [5.41, 5.74) is 2.45. The number of hydrogen-bond acceptors (Lipinski definition) is 3. The Bertz CT molecular complexity index is 766. The molecule has 2 atom stereocenters. The molecule has 6 rings (SSSR count). The van der Waals surface area contributed by atoms with Crippen LogP contribution in [0.3, 0.4) is 0 Å². The summed E-state index contributed by atoms with van der Waals surface area (Å²) in [6.07, 6.45) is 10.5. The third-order valence-electron chi connectivity index (χ3n) is 6.17. The standard InChI is InChI=1S/C21H26N4O/c26-21-18-5-8-20(25(21)12-17-1-2-17)14-23(13-18)11-16-3-6-19(7-4-16)24-10-9-22-15-24/h3-4,6-7,9-10,15,17-18,20H,1-2,5,8,11-14H2/t18-,20+/m0/s1. The Morgan fingerprint density at radius 1 is 1.04 bits per heavy atom. The molecule has 4 aliphatic rings. The first kappa shape index (κ1) is 16.1. The molecular weight excluding hydrogens is 324 g/mol. The van der Waals surface area contributed by atoms with Crippen molar-refractivity contribution < 1.29 is 4.79 Å². The fraction of sp³-hybridized carbons (Fsp3) is 0.524.